The van der Waals surface area contributed by atoms with Crippen molar-refractivity contribution in [2.24, 2.45) is 5.92 Å². The Morgan fingerprint density at radius 2 is 1.80 bits per heavy atom. The van der Waals surface area contributed by atoms with Crippen LogP contribution in [0.3, 0.4) is 0 Å². The molecule has 5 nitrogen and oxygen atoms in total. The van der Waals surface area contributed by atoms with Gasteiger partial charge >= 0.3 is 0 Å². The van der Waals surface area contributed by atoms with Gasteiger partial charge in [0.15, 0.2) is 5.11 Å². The normalized spacial score (nSPS) is 20.0. The standard InChI is InChI=1S/C19H23N3O2S/c1-12-6-2-5-9-16(12)20-19(25)22-21-18(24)15-10-13-7-3-4-8-14(13)11-17(15)23/h3-4,7-8,10-12,16,23H,2,5-6,9H2,1H3,(H,21,24)(H2,20,22,25). The van der Waals surface area contributed by atoms with E-state index in [0.717, 1.165) is 17.2 Å². The fraction of sp³-hybridized carbons (Fsp3) is 0.368. The third-order valence-corrected chi connectivity index (χ3v) is 5.05. The molecular weight excluding hydrogens is 334 g/mol. The average Bonchev–Trinajstić information content (AvgIpc) is 2.61. The van der Waals surface area contributed by atoms with Crippen LogP contribution in [0, 0.1) is 5.92 Å². The first-order chi connectivity index (χ1) is 12.0. The molecule has 2 atom stereocenters. The fourth-order valence-electron chi connectivity index (χ4n) is 3.33. The number of phenolic OH excluding ortho intramolecular Hbond substituents is 1. The van der Waals surface area contributed by atoms with Gasteiger partial charge in [0.05, 0.1) is 5.56 Å². The van der Waals surface area contributed by atoms with Crippen LogP contribution >= 0.6 is 12.2 Å². The highest BCUT2D eigenvalue weighted by Gasteiger charge is 2.22. The molecule has 6 heteroatoms. The molecule has 0 heterocycles. The second-order valence-electron chi connectivity index (χ2n) is 6.64. The molecular formula is C19H23N3O2S. The van der Waals surface area contributed by atoms with E-state index in [-0.39, 0.29) is 11.3 Å². The van der Waals surface area contributed by atoms with Gasteiger partial charge in [0.25, 0.3) is 5.91 Å². The zero-order valence-electron chi connectivity index (χ0n) is 14.2. The average molecular weight is 357 g/mol. The van der Waals surface area contributed by atoms with Crippen LogP contribution in [0.25, 0.3) is 10.8 Å². The van der Waals surface area contributed by atoms with Crippen molar-refractivity contribution >= 4 is 34.0 Å². The zero-order valence-corrected chi connectivity index (χ0v) is 15.0. The Bertz CT molecular complexity index is 793. The first kappa shape index (κ1) is 17.5. The maximum atomic E-state index is 12.3. The minimum Gasteiger partial charge on any atom is -0.507 e. The highest BCUT2D eigenvalue weighted by atomic mass is 32.1. The van der Waals surface area contributed by atoms with Crippen LogP contribution in [0.5, 0.6) is 5.75 Å². The van der Waals surface area contributed by atoms with Gasteiger partial charge in [0.2, 0.25) is 0 Å². The molecule has 4 N–H and O–H groups in total. The summed E-state index contributed by atoms with van der Waals surface area (Å²) in [6.07, 6.45) is 4.74. The van der Waals surface area contributed by atoms with Crippen molar-refractivity contribution in [3.63, 3.8) is 0 Å². The second kappa shape index (κ2) is 7.70. The molecule has 0 spiro atoms. The minimum absolute atomic E-state index is 0.0576. The van der Waals surface area contributed by atoms with Crippen molar-refractivity contribution in [1.82, 2.24) is 16.2 Å². The molecule has 2 unspecified atom stereocenters. The molecule has 0 bridgehead atoms. The Hall–Kier alpha value is -2.34. The molecule has 132 valence electrons. The number of amides is 1. The van der Waals surface area contributed by atoms with Crippen LogP contribution in [0.15, 0.2) is 36.4 Å². The molecule has 2 aromatic rings. The van der Waals surface area contributed by atoms with Crippen molar-refractivity contribution in [1.29, 1.82) is 0 Å². The number of carbonyl (C=O) groups is 1. The first-order valence-electron chi connectivity index (χ1n) is 8.63. The van der Waals surface area contributed by atoms with Crippen molar-refractivity contribution in [2.45, 2.75) is 38.6 Å². The number of hydrogen-bond acceptors (Lipinski definition) is 3. The highest BCUT2D eigenvalue weighted by molar-refractivity contribution is 7.80. The number of nitrogens with one attached hydrogen (secondary N) is 3. The molecule has 3 rings (SSSR count). The lowest BCUT2D eigenvalue weighted by molar-refractivity contribution is 0.0941. The molecule has 1 amide bonds. The summed E-state index contributed by atoms with van der Waals surface area (Å²) in [4.78, 5) is 12.3. The minimum atomic E-state index is -0.427. The number of benzene rings is 2. The summed E-state index contributed by atoms with van der Waals surface area (Å²) < 4.78 is 0. The summed E-state index contributed by atoms with van der Waals surface area (Å²) in [5.41, 5.74) is 5.50. The lowest BCUT2D eigenvalue weighted by atomic mass is 9.86. The lowest BCUT2D eigenvalue weighted by Crippen LogP contribution is -2.51. The summed E-state index contributed by atoms with van der Waals surface area (Å²) in [5, 5.41) is 15.5. The van der Waals surface area contributed by atoms with Gasteiger partial charge in [-0.05, 0) is 53.9 Å². The number of carbonyl (C=O) groups excluding carboxylic acids is 1. The van der Waals surface area contributed by atoms with Crippen molar-refractivity contribution in [3.05, 3.63) is 42.0 Å². The fourth-order valence-corrected chi connectivity index (χ4v) is 3.53. The van der Waals surface area contributed by atoms with Crippen molar-refractivity contribution in [2.75, 3.05) is 0 Å². The first-order valence-corrected chi connectivity index (χ1v) is 9.04. The van der Waals surface area contributed by atoms with E-state index in [0.29, 0.717) is 17.1 Å². The van der Waals surface area contributed by atoms with E-state index in [1.54, 1.807) is 12.1 Å². The number of aromatic hydroxyl groups is 1. The van der Waals surface area contributed by atoms with Gasteiger partial charge < -0.3 is 10.4 Å². The largest absolute Gasteiger partial charge is 0.507 e. The van der Waals surface area contributed by atoms with E-state index in [1.807, 2.05) is 24.3 Å². The molecule has 1 saturated carbocycles. The predicted molar refractivity (Wildman–Crippen MR) is 103 cm³/mol. The number of phenols is 1. The van der Waals surface area contributed by atoms with Crippen LogP contribution < -0.4 is 16.2 Å². The third kappa shape index (κ3) is 4.20. The maximum Gasteiger partial charge on any atom is 0.273 e. The van der Waals surface area contributed by atoms with Gasteiger partial charge in [-0.2, -0.15) is 0 Å². The molecule has 0 radical (unpaired) electrons. The summed E-state index contributed by atoms with van der Waals surface area (Å²) >= 11 is 5.27. The topological polar surface area (TPSA) is 73.4 Å². The van der Waals surface area contributed by atoms with Crippen LogP contribution in [0.2, 0.25) is 0 Å². The lowest BCUT2D eigenvalue weighted by Gasteiger charge is -2.30. The Morgan fingerprint density at radius 1 is 1.12 bits per heavy atom. The number of fused-ring (bicyclic) bond motifs is 1. The SMILES string of the molecule is CC1CCCCC1NC(=S)NNC(=O)c1cc2ccccc2cc1O. The maximum absolute atomic E-state index is 12.3. The molecule has 2 aromatic carbocycles. The molecule has 25 heavy (non-hydrogen) atoms. The van der Waals surface area contributed by atoms with Gasteiger partial charge in [-0.1, -0.05) is 44.0 Å². The van der Waals surface area contributed by atoms with Gasteiger partial charge in [0.1, 0.15) is 5.75 Å². The summed E-state index contributed by atoms with van der Waals surface area (Å²) in [6, 6.07) is 11.2. The van der Waals surface area contributed by atoms with E-state index < -0.39 is 5.91 Å². The molecule has 1 fully saturated rings. The predicted octanol–water partition coefficient (Wildman–Crippen LogP) is 3.23. The number of rotatable bonds is 2. The van der Waals surface area contributed by atoms with Gasteiger partial charge in [0, 0.05) is 6.04 Å². The van der Waals surface area contributed by atoms with Crippen molar-refractivity contribution < 1.29 is 9.90 Å². The summed E-state index contributed by atoms with van der Waals surface area (Å²) in [6.45, 7) is 2.21. The van der Waals surface area contributed by atoms with Crippen molar-refractivity contribution in [3.8, 4) is 5.75 Å². The van der Waals surface area contributed by atoms with Gasteiger partial charge in [-0.25, -0.2) is 0 Å². The summed E-state index contributed by atoms with van der Waals surface area (Å²) in [5.74, 6) is 0.0793. The molecule has 0 aromatic heterocycles. The number of hydrogen-bond donors (Lipinski definition) is 4. The van der Waals surface area contributed by atoms with E-state index in [1.165, 1.54) is 19.3 Å². The Kier molecular flexibility index (Phi) is 5.38. The van der Waals surface area contributed by atoms with Crippen LogP contribution in [-0.2, 0) is 0 Å². The highest BCUT2D eigenvalue weighted by Crippen LogP contribution is 2.25. The number of hydrazine groups is 1. The molecule has 0 aliphatic heterocycles. The van der Waals surface area contributed by atoms with Crippen LogP contribution in [0.4, 0.5) is 0 Å². The zero-order chi connectivity index (χ0) is 17.8. The van der Waals surface area contributed by atoms with Crippen LogP contribution in [-0.4, -0.2) is 22.2 Å². The summed E-state index contributed by atoms with van der Waals surface area (Å²) in [7, 11) is 0. The van der Waals surface area contributed by atoms with E-state index >= 15 is 0 Å². The van der Waals surface area contributed by atoms with E-state index in [2.05, 4.69) is 23.1 Å². The monoisotopic (exact) mass is 357 g/mol. The molecule has 1 aliphatic rings. The van der Waals surface area contributed by atoms with E-state index in [9.17, 15) is 9.90 Å². The number of thiocarbonyl (C=S) groups is 1. The van der Waals surface area contributed by atoms with E-state index in [4.69, 9.17) is 12.2 Å². The Labute approximate surface area is 152 Å². The Morgan fingerprint density at radius 3 is 2.52 bits per heavy atom. The second-order valence-corrected chi connectivity index (χ2v) is 7.05. The Balaban J connectivity index is 1.60. The molecule has 0 saturated heterocycles. The van der Waals surface area contributed by atoms with Crippen LogP contribution in [0.1, 0.15) is 43.0 Å². The van der Waals surface area contributed by atoms with Gasteiger partial charge in [-0.3, -0.25) is 15.6 Å². The third-order valence-electron chi connectivity index (χ3n) is 4.83. The molecule has 1 aliphatic carbocycles. The quantitative estimate of drug-likeness (QED) is 0.491. The van der Waals surface area contributed by atoms with Gasteiger partial charge in [-0.15, -0.1) is 0 Å². The smallest absolute Gasteiger partial charge is 0.273 e.